The summed E-state index contributed by atoms with van der Waals surface area (Å²) in [7, 11) is 0. The van der Waals surface area contributed by atoms with Crippen LogP contribution in [-0.2, 0) is 9.53 Å². The van der Waals surface area contributed by atoms with Crippen LogP contribution >= 0.6 is 0 Å². The highest BCUT2D eigenvalue weighted by Crippen LogP contribution is 2.38. The van der Waals surface area contributed by atoms with E-state index in [1.165, 1.54) is 6.42 Å². The Balaban J connectivity index is 1.74. The van der Waals surface area contributed by atoms with E-state index >= 15 is 0 Å². The van der Waals surface area contributed by atoms with Gasteiger partial charge in [-0.1, -0.05) is 0 Å². The Morgan fingerprint density at radius 2 is 2.12 bits per heavy atom. The SMILES string of the molecule is O=C1N(C2CCOCC2)CCC[C@]12CCNC2. The molecule has 0 saturated carbocycles. The average molecular weight is 238 g/mol. The summed E-state index contributed by atoms with van der Waals surface area (Å²) >= 11 is 0. The van der Waals surface area contributed by atoms with Gasteiger partial charge in [-0.3, -0.25) is 4.79 Å². The topological polar surface area (TPSA) is 41.6 Å². The van der Waals surface area contributed by atoms with Crippen LogP contribution in [0.5, 0.6) is 0 Å². The van der Waals surface area contributed by atoms with Gasteiger partial charge in [0.05, 0.1) is 5.41 Å². The van der Waals surface area contributed by atoms with Crippen molar-refractivity contribution in [3.63, 3.8) is 0 Å². The number of likely N-dealkylation sites (tertiary alicyclic amines) is 1. The lowest BCUT2D eigenvalue weighted by Gasteiger charge is -2.44. The van der Waals surface area contributed by atoms with E-state index in [1.807, 2.05) is 0 Å². The van der Waals surface area contributed by atoms with Gasteiger partial charge in [0.1, 0.15) is 0 Å². The summed E-state index contributed by atoms with van der Waals surface area (Å²) in [5, 5.41) is 3.36. The Kier molecular flexibility index (Phi) is 3.09. The van der Waals surface area contributed by atoms with Gasteiger partial charge in [0.15, 0.2) is 0 Å². The first-order valence-electron chi connectivity index (χ1n) is 6.91. The third kappa shape index (κ3) is 1.97. The molecule has 1 spiro atoms. The summed E-state index contributed by atoms with van der Waals surface area (Å²) in [5.74, 6) is 0.417. The molecule has 0 radical (unpaired) electrons. The number of ether oxygens (including phenoxy) is 1. The van der Waals surface area contributed by atoms with Crippen molar-refractivity contribution in [2.75, 3.05) is 32.8 Å². The van der Waals surface area contributed by atoms with Gasteiger partial charge in [0.25, 0.3) is 0 Å². The molecule has 17 heavy (non-hydrogen) atoms. The minimum atomic E-state index is -0.0590. The van der Waals surface area contributed by atoms with Crippen molar-refractivity contribution < 1.29 is 9.53 Å². The van der Waals surface area contributed by atoms with E-state index in [0.717, 1.165) is 58.5 Å². The molecular formula is C13H22N2O2. The molecule has 3 saturated heterocycles. The summed E-state index contributed by atoms with van der Waals surface area (Å²) in [6.45, 7) is 4.50. The van der Waals surface area contributed by atoms with E-state index in [1.54, 1.807) is 0 Å². The highest BCUT2D eigenvalue weighted by Gasteiger charge is 2.47. The van der Waals surface area contributed by atoms with Crippen LogP contribution in [-0.4, -0.2) is 49.7 Å². The smallest absolute Gasteiger partial charge is 0.230 e. The maximum absolute atomic E-state index is 12.7. The minimum Gasteiger partial charge on any atom is -0.381 e. The fourth-order valence-electron chi connectivity index (χ4n) is 3.59. The predicted octanol–water partition coefficient (Wildman–Crippen LogP) is 0.767. The van der Waals surface area contributed by atoms with Crippen LogP contribution in [0, 0.1) is 5.41 Å². The molecule has 3 rings (SSSR count). The summed E-state index contributed by atoms with van der Waals surface area (Å²) in [4.78, 5) is 14.9. The second kappa shape index (κ2) is 4.58. The van der Waals surface area contributed by atoms with Crippen molar-refractivity contribution in [2.24, 2.45) is 5.41 Å². The average Bonchev–Trinajstić information content (AvgIpc) is 2.84. The molecule has 4 nitrogen and oxygen atoms in total. The number of nitrogens with zero attached hydrogens (tertiary/aromatic N) is 1. The molecule has 0 aromatic carbocycles. The third-order valence-corrected chi connectivity index (χ3v) is 4.64. The van der Waals surface area contributed by atoms with E-state index in [2.05, 4.69) is 10.2 Å². The first kappa shape index (κ1) is 11.5. The summed E-state index contributed by atoms with van der Waals surface area (Å²) < 4.78 is 5.39. The number of carbonyl (C=O) groups is 1. The molecular weight excluding hydrogens is 216 g/mol. The Morgan fingerprint density at radius 1 is 1.29 bits per heavy atom. The van der Waals surface area contributed by atoms with Crippen LogP contribution in [0.4, 0.5) is 0 Å². The van der Waals surface area contributed by atoms with Crippen LogP contribution in [0.3, 0.4) is 0 Å². The lowest BCUT2D eigenvalue weighted by molar-refractivity contribution is -0.150. The number of amides is 1. The maximum atomic E-state index is 12.7. The number of carbonyl (C=O) groups excluding carboxylic acids is 1. The highest BCUT2D eigenvalue weighted by atomic mass is 16.5. The molecule has 3 aliphatic heterocycles. The van der Waals surface area contributed by atoms with Gasteiger partial charge >= 0.3 is 0 Å². The molecule has 0 bridgehead atoms. The summed E-state index contributed by atoms with van der Waals surface area (Å²) in [6, 6.07) is 0.439. The number of hydrogen-bond donors (Lipinski definition) is 1. The minimum absolute atomic E-state index is 0.0590. The molecule has 0 unspecified atom stereocenters. The van der Waals surface area contributed by atoms with E-state index in [4.69, 9.17) is 4.74 Å². The van der Waals surface area contributed by atoms with Gasteiger partial charge in [0, 0.05) is 32.3 Å². The zero-order valence-corrected chi connectivity index (χ0v) is 10.4. The maximum Gasteiger partial charge on any atom is 0.230 e. The third-order valence-electron chi connectivity index (χ3n) is 4.64. The van der Waals surface area contributed by atoms with Crippen molar-refractivity contribution in [2.45, 2.75) is 38.1 Å². The number of rotatable bonds is 1. The molecule has 3 aliphatic rings. The first-order chi connectivity index (χ1) is 8.32. The Bertz CT molecular complexity index is 294. The normalized spacial score (nSPS) is 35.8. The fourth-order valence-corrected chi connectivity index (χ4v) is 3.59. The second-order valence-electron chi connectivity index (χ2n) is 5.65. The first-order valence-corrected chi connectivity index (χ1v) is 6.91. The molecule has 3 fully saturated rings. The zero-order valence-electron chi connectivity index (χ0n) is 10.4. The van der Waals surface area contributed by atoms with Gasteiger partial charge in [0.2, 0.25) is 5.91 Å². The van der Waals surface area contributed by atoms with Gasteiger partial charge in [-0.15, -0.1) is 0 Å². The Labute approximate surface area is 103 Å². The van der Waals surface area contributed by atoms with E-state index < -0.39 is 0 Å². The number of hydrogen-bond acceptors (Lipinski definition) is 3. The number of piperidine rings is 1. The monoisotopic (exact) mass is 238 g/mol. The van der Waals surface area contributed by atoms with Crippen LogP contribution in [0.1, 0.15) is 32.1 Å². The standard InChI is InChI=1S/C13H22N2O2/c16-12-13(5-6-14-10-13)4-1-7-15(12)11-2-8-17-9-3-11/h11,14H,1-10H2/t13-/m1/s1. The molecule has 0 aromatic rings. The van der Waals surface area contributed by atoms with Crippen molar-refractivity contribution >= 4 is 5.91 Å². The second-order valence-corrected chi connectivity index (χ2v) is 5.65. The number of nitrogens with one attached hydrogen (secondary N) is 1. The molecule has 1 atom stereocenters. The van der Waals surface area contributed by atoms with Crippen molar-refractivity contribution in [1.82, 2.24) is 10.2 Å². The van der Waals surface area contributed by atoms with Gasteiger partial charge < -0.3 is 15.0 Å². The quantitative estimate of drug-likeness (QED) is 0.733. The molecule has 1 N–H and O–H groups in total. The Morgan fingerprint density at radius 3 is 2.82 bits per heavy atom. The van der Waals surface area contributed by atoms with Gasteiger partial charge in [-0.2, -0.15) is 0 Å². The van der Waals surface area contributed by atoms with Crippen molar-refractivity contribution in [3.05, 3.63) is 0 Å². The van der Waals surface area contributed by atoms with E-state index in [9.17, 15) is 4.79 Å². The van der Waals surface area contributed by atoms with Crippen LogP contribution in [0.15, 0.2) is 0 Å². The molecule has 3 heterocycles. The van der Waals surface area contributed by atoms with Crippen LogP contribution < -0.4 is 5.32 Å². The van der Waals surface area contributed by atoms with E-state index in [-0.39, 0.29) is 5.41 Å². The van der Waals surface area contributed by atoms with Crippen molar-refractivity contribution in [1.29, 1.82) is 0 Å². The fraction of sp³-hybridized carbons (Fsp3) is 0.923. The predicted molar refractivity (Wildman–Crippen MR) is 64.7 cm³/mol. The highest BCUT2D eigenvalue weighted by molar-refractivity contribution is 5.84. The molecule has 0 aromatic heterocycles. The zero-order chi connectivity index (χ0) is 11.7. The molecule has 1 amide bonds. The largest absolute Gasteiger partial charge is 0.381 e. The van der Waals surface area contributed by atoms with Crippen LogP contribution in [0.2, 0.25) is 0 Å². The summed E-state index contributed by atoms with van der Waals surface area (Å²) in [5.41, 5.74) is -0.0590. The molecule has 4 heteroatoms. The molecule has 0 aliphatic carbocycles. The lowest BCUT2D eigenvalue weighted by atomic mass is 9.77. The lowest BCUT2D eigenvalue weighted by Crippen LogP contribution is -2.54. The molecule has 96 valence electrons. The summed E-state index contributed by atoms with van der Waals surface area (Å²) in [6.07, 6.45) is 5.33. The van der Waals surface area contributed by atoms with Crippen LogP contribution in [0.25, 0.3) is 0 Å². The Hall–Kier alpha value is -0.610. The van der Waals surface area contributed by atoms with E-state index in [0.29, 0.717) is 11.9 Å². The van der Waals surface area contributed by atoms with Gasteiger partial charge in [-0.05, 0) is 38.6 Å². The van der Waals surface area contributed by atoms with Crippen molar-refractivity contribution in [3.8, 4) is 0 Å². The van der Waals surface area contributed by atoms with Gasteiger partial charge in [-0.25, -0.2) is 0 Å².